The summed E-state index contributed by atoms with van der Waals surface area (Å²) < 4.78 is 19.0. The molecule has 0 radical (unpaired) electrons. The van der Waals surface area contributed by atoms with Gasteiger partial charge in [-0.05, 0) is 89.1 Å². The highest BCUT2D eigenvalue weighted by atomic mass is 32.1. The van der Waals surface area contributed by atoms with Crippen LogP contribution in [0.5, 0.6) is 0 Å². The van der Waals surface area contributed by atoms with Crippen molar-refractivity contribution in [3.8, 4) is 11.5 Å². The molecule has 3 aromatic rings. The number of carbonyl (C=O) groups is 2. The molecule has 1 aliphatic heterocycles. The van der Waals surface area contributed by atoms with E-state index in [1.54, 1.807) is 25.3 Å². The van der Waals surface area contributed by atoms with Crippen LogP contribution in [-0.4, -0.2) is 48.3 Å². The number of benzene rings is 1. The fraction of sp³-hybridized carbons (Fsp3) is 0.423. The zero-order valence-electron chi connectivity index (χ0n) is 19.6. The van der Waals surface area contributed by atoms with Crippen molar-refractivity contribution in [3.63, 3.8) is 0 Å². The molecule has 6 nitrogen and oxygen atoms in total. The van der Waals surface area contributed by atoms with Crippen LogP contribution in [0.15, 0.2) is 47.1 Å². The summed E-state index contributed by atoms with van der Waals surface area (Å²) in [6.45, 7) is 3.89. The summed E-state index contributed by atoms with van der Waals surface area (Å²) >= 11 is 1.50. The van der Waals surface area contributed by atoms with E-state index in [0.29, 0.717) is 18.9 Å². The Labute approximate surface area is 203 Å². The molecular formula is C26H30FN3O3S. The average molecular weight is 484 g/mol. The molecule has 180 valence electrons. The molecule has 3 heterocycles. The number of nitrogens with zero attached hydrogens (tertiary/aromatic N) is 2. The first-order chi connectivity index (χ1) is 16.3. The van der Waals surface area contributed by atoms with Gasteiger partial charge in [-0.3, -0.25) is 9.59 Å². The van der Waals surface area contributed by atoms with Crippen molar-refractivity contribution < 1.29 is 18.4 Å². The Bertz CT molecular complexity index is 1130. The lowest BCUT2D eigenvalue weighted by atomic mass is 9.76. The number of likely N-dealkylation sites (tertiary alicyclic amines) is 1. The largest absolute Gasteiger partial charge is 0.444 e. The number of hydrogen-bond donors (Lipinski definition) is 1. The van der Waals surface area contributed by atoms with Gasteiger partial charge >= 0.3 is 0 Å². The van der Waals surface area contributed by atoms with Gasteiger partial charge in [0.05, 0.1) is 10.6 Å². The zero-order valence-corrected chi connectivity index (χ0v) is 20.4. The lowest BCUT2D eigenvalue weighted by molar-refractivity contribution is -0.121. The average Bonchev–Trinajstić information content (AvgIpc) is 3.50. The molecule has 0 bridgehead atoms. The molecule has 0 unspecified atom stereocenters. The molecule has 8 heteroatoms. The van der Waals surface area contributed by atoms with Crippen LogP contribution in [-0.2, 0) is 16.6 Å². The number of thiophene rings is 1. The number of piperidine rings is 1. The Morgan fingerprint density at radius 1 is 1.18 bits per heavy atom. The second-order valence-corrected chi connectivity index (χ2v) is 10.2. The number of oxazole rings is 1. The molecule has 4 rings (SSSR count). The third-order valence-corrected chi connectivity index (χ3v) is 7.79. The van der Waals surface area contributed by atoms with Gasteiger partial charge < -0.3 is 14.6 Å². The van der Waals surface area contributed by atoms with Crippen LogP contribution >= 0.6 is 11.3 Å². The number of aryl methyl sites for hydroxylation is 1. The first-order valence-corrected chi connectivity index (χ1v) is 12.4. The van der Waals surface area contributed by atoms with Crippen LogP contribution in [0.2, 0.25) is 0 Å². The van der Waals surface area contributed by atoms with Crippen LogP contribution in [0.1, 0.15) is 52.8 Å². The quantitative estimate of drug-likeness (QED) is 0.441. The molecule has 0 spiro atoms. The summed E-state index contributed by atoms with van der Waals surface area (Å²) in [6.07, 6.45) is 5.36. The van der Waals surface area contributed by atoms with E-state index in [-0.39, 0.29) is 22.9 Å². The SMILES string of the molecule is CC(=O)c1ccc(CCCC(=O)NCC2(c3coc(-c4ccc(F)cc4)n3)CCN(C)CC2)s1. The Morgan fingerprint density at radius 3 is 2.59 bits per heavy atom. The van der Waals surface area contributed by atoms with Gasteiger partial charge in [-0.2, -0.15) is 0 Å². The molecule has 34 heavy (non-hydrogen) atoms. The standard InChI is InChI=1S/C26H30FN3O3S/c1-18(31)22-11-10-21(34-22)4-3-5-24(32)28-17-26(12-14-30(2)15-13-26)23-16-33-25(29-23)19-6-8-20(27)9-7-19/h6-11,16H,3-5,12-15,17H2,1-2H3,(H,28,32). The first kappa shape index (κ1) is 24.3. The van der Waals surface area contributed by atoms with Gasteiger partial charge in [-0.1, -0.05) is 0 Å². The van der Waals surface area contributed by atoms with Crippen molar-refractivity contribution in [2.75, 3.05) is 26.7 Å². The number of hydrogen-bond acceptors (Lipinski definition) is 6. The Kier molecular flexibility index (Phi) is 7.58. The summed E-state index contributed by atoms with van der Waals surface area (Å²) in [7, 11) is 2.09. The van der Waals surface area contributed by atoms with Crippen LogP contribution < -0.4 is 5.32 Å². The van der Waals surface area contributed by atoms with Gasteiger partial charge in [-0.15, -0.1) is 11.3 Å². The van der Waals surface area contributed by atoms with Crippen molar-refractivity contribution in [2.24, 2.45) is 0 Å². The van der Waals surface area contributed by atoms with E-state index >= 15 is 0 Å². The minimum Gasteiger partial charge on any atom is -0.444 e. The lowest BCUT2D eigenvalue weighted by Gasteiger charge is -2.39. The predicted molar refractivity (Wildman–Crippen MR) is 131 cm³/mol. The fourth-order valence-corrected chi connectivity index (χ4v) is 5.24. The molecule has 2 aromatic heterocycles. The molecule has 1 aliphatic rings. The Balaban J connectivity index is 1.38. The van der Waals surface area contributed by atoms with E-state index < -0.39 is 0 Å². The van der Waals surface area contributed by atoms with Crippen molar-refractivity contribution in [3.05, 3.63) is 63.9 Å². The summed E-state index contributed by atoms with van der Waals surface area (Å²) in [6, 6.07) is 9.91. The minimum absolute atomic E-state index is 0.0175. The molecule has 0 saturated carbocycles. The number of halogens is 1. The molecule has 1 N–H and O–H groups in total. The summed E-state index contributed by atoms with van der Waals surface area (Å²) in [5.74, 6) is 0.251. The number of carbonyl (C=O) groups excluding carboxylic acids is 2. The van der Waals surface area contributed by atoms with Gasteiger partial charge in [-0.25, -0.2) is 9.37 Å². The number of amides is 1. The zero-order chi connectivity index (χ0) is 24.1. The molecule has 0 aliphatic carbocycles. The van der Waals surface area contributed by atoms with Crippen LogP contribution in [0.25, 0.3) is 11.5 Å². The van der Waals surface area contributed by atoms with E-state index in [1.165, 1.54) is 23.5 Å². The lowest BCUT2D eigenvalue weighted by Crippen LogP contribution is -2.48. The van der Waals surface area contributed by atoms with Gasteiger partial charge in [0.15, 0.2) is 5.78 Å². The van der Waals surface area contributed by atoms with Crippen molar-refractivity contribution >= 4 is 23.0 Å². The molecule has 1 fully saturated rings. The number of Topliss-reactive ketones (excluding diaryl/α,β-unsaturated/α-hetero) is 1. The second kappa shape index (κ2) is 10.6. The van der Waals surface area contributed by atoms with Crippen molar-refractivity contribution in [1.29, 1.82) is 0 Å². The molecular weight excluding hydrogens is 453 g/mol. The first-order valence-electron chi connectivity index (χ1n) is 11.6. The van der Waals surface area contributed by atoms with Crippen LogP contribution in [0.3, 0.4) is 0 Å². The summed E-state index contributed by atoms with van der Waals surface area (Å²) in [5, 5.41) is 3.13. The van der Waals surface area contributed by atoms with E-state index in [9.17, 15) is 14.0 Å². The third kappa shape index (κ3) is 5.80. The number of rotatable bonds is 9. The van der Waals surface area contributed by atoms with E-state index in [2.05, 4.69) is 17.3 Å². The highest BCUT2D eigenvalue weighted by Gasteiger charge is 2.38. The Hall–Kier alpha value is -2.84. The fourth-order valence-electron chi connectivity index (χ4n) is 4.29. The maximum atomic E-state index is 13.3. The molecule has 1 saturated heterocycles. The second-order valence-electron chi connectivity index (χ2n) is 9.08. The van der Waals surface area contributed by atoms with Gasteiger partial charge in [0.2, 0.25) is 11.8 Å². The van der Waals surface area contributed by atoms with E-state index in [1.807, 2.05) is 12.1 Å². The Morgan fingerprint density at radius 2 is 1.91 bits per heavy atom. The summed E-state index contributed by atoms with van der Waals surface area (Å²) in [5.41, 5.74) is 1.26. The third-order valence-electron chi connectivity index (χ3n) is 6.54. The highest BCUT2D eigenvalue weighted by molar-refractivity contribution is 7.14. The van der Waals surface area contributed by atoms with Gasteiger partial charge in [0, 0.05) is 28.8 Å². The predicted octanol–water partition coefficient (Wildman–Crippen LogP) is 4.85. The maximum Gasteiger partial charge on any atom is 0.226 e. The van der Waals surface area contributed by atoms with E-state index in [4.69, 9.17) is 9.40 Å². The van der Waals surface area contributed by atoms with Crippen molar-refractivity contribution in [1.82, 2.24) is 15.2 Å². The molecule has 1 amide bonds. The topological polar surface area (TPSA) is 75.4 Å². The van der Waals surface area contributed by atoms with Crippen LogP contribution in [0.4, 0.5) is 4.39 Å². The number of aromatic nitrogens is 1. The van der Waals surface area contributed by atoms with E-state index in [0.717, 1.165) is 59.8 Å². The molecule has 1 aromatic carbocycles. The highest BCUT2D eigenvalue weighted by Crippen LogP contribution is 2.35. The molecule has 0 atom stereocenters. The van der Waals surface area contributed by atoms with Gasteiger partial charge in [0.1, 0.15) is 12.1 Å². The maximum absolute atomic E-state index is 13.3. The van der Waals surface area contributed by atoms with Crippen molar-refractivity contribution in [2.45, 2.75) is 44.4 Å². The monoisotopic (exact) mass is 483 g/mol. The summed E-state index contributed by atoms with van der Waals surface area (Å²) in [4.78, 5) is 33.0. The smallest absolute Gasteiger partial charge is 0.226 e. The van der Waals surface area contributed by atoms with Gasteiger partial charge in [0.25, 0.3) is 0 Å². The number of ketones is 1. The minimum atomic E-state index is -0.302. The normalized spacial score (nSPS) is 15.9. The number of nitrogens with one attached hydrogen (secondary N) is 1. The van der Waals surface area contributed by atoms with Crippen LogP contribution in [0, 0.1) is 5.82 Å².